The van der Waals surface area contributed by atoms with E-state index in [2.05, 4.69) is 83.4 Å². The topological polar surface area (TPSA) is 30.9 Å². The fourth-order valence-electron chi connectivity index (χ4n) is 4.53. The van der Waals surface area contributed by atoms with Gasteiger partial charge in [-0.2, -0.15) is 0 Å². The number of hydrogen-bond donors (Lipinski definition) is 0. The molecular formula is C28H33NO3S. The van der Waals surface area contributed by atoms with Crippen LogP contribution in [0.5, 0.6) is 17.2 Å². The molecule has 0 bridgehead atoms. The first-order chi connectivity index (χ1) is 16.2. The minimum absolute atomic E-state index is 0.370. The maximum absolute atomic E-state index is 5.69. The molecule has 0 unspecified atom stereocenters. The molecule has 174 valence electrons. The number of piperidine rings is 1. The first kappa shape index (κ1) is 23.5. The number of nitrogens with zero attached hydrogens (tertiary/aromatic N) is 1. The van der Waals surface area contributed by atoms with Gasteiger partial charge in [-0.25, -0.2) is 0 Å². The maximum atomic E-state index is 5.69. The van der Waals surface area contributed by atoms with E-state index in [-0.39, 0.29) is 0 Å². The van der Waals surface area contributed by atoms with Crippen molar-refractivity contribution >= 4 is 11.8 Å². The van der Waals surface area contributed by atoms with Crippen LogP contribution in [0.25, 0.3) is 0 Å². The number of rotatable bonds is 9. The molecule has 1 aliphatic heterocycles. The average Bonchev–Trinajstić information content (AvgIpc) is 2.88. The Balaban J connectivity index is 1.42. The van der Waals surface area contributed by atoms with Crippen molar-refractivity contribution in [2.75, 3.05) is 34.4 Å². The lowest BCUT2D eigenvalue weighted by Crippen LogP contribution is -2.34. The Morgan fingerprint density at radius 2 is 1.33 bits per heavy atom. The lowest BCUT2D eigenvalue weighted by Gasteiger charge is -2.34. The van der Waals surface area contributed by atoms with Crippen LogP contribution in [-0.2, 0) is 6.54 Å². The predicted molar refractivity (Wildman–Crippen MR) is 137 cm³/mol. The van der Waals surface area contributed by atoms with Gasteiger partial charge < -0.3 is 14.2 Å². The molecule has 3 aromatic rings. The summed E-state index contributed by atoms with van der Waals surface area (Å²) in [5.41, 5.74) is 3.89. The summed E-state index contributed by atoms with van der Waals surface area (Å²) in [4.78, 5) is 2.51. The van der Waals surface area contributed by atoms with Crippen LogP contribution >= 0.6 is 11.8 Å². The Hall–Kier alpha value is -2.63. The van der Waals surface area contributed by atoms with Crippen LogP contribution < -0.4 is 14.2 Å². The van der Waals surface area contributed by atoms with Crippen LogP contribution in [0.15, 0.2) is 72.8 Å². The van der Waals surface area contributed by atoms with E-state index in [1.807, 2.05) is 6.07 Å². The van der Waals surface area contributed by atoms with E-state index in [4.69, 9.17) is 14.2 Å². The molecule has 1 aliphatic rings. The third kappa shape index (κ3) is 5.66. The lowest BCUT2D eigenvalue weighted by atomic mass is 10.0. The molecule has 1 fully saturated rings. The summed E-state index contributed by atoms with van der Waals surface area (Å²) in [6.45, 7) is 3.00. The van der Waals surface area contributed by atoms with Crippen molar-refractivity contribution in [1.29, 1.82) is 0 Å². The van der Waals surface area contributed by atoms with Crippen LogP contribution in [-0.4, -0.2) is 44.6 Å². The first-order valence-electron chi connectivity index (χ1n) is 11.5. The Kier molecular flexibility index (Phi) is 8.19. The van der Waals surface area contributed by atoms with Gasteiger partial charge in [0, 0.05) is 17.4 Å². The SMILES string of the molecule is COc1ccc(CN2CCC(SC(c3ccccc3)c3ccccc3)CC2)c(OC)c1OC. The molecule has 1 heterocycles. The van der Waals surface area contributed by atoms with Crippen molar-refractivity contribution in [2.45, 2.75) is 29.9 Å². The number of likely N-dealkylation sites (tertiary alicyclic amines) is 1. The molecule has 0 aliphatic carbocycles. The molecule has 4 rings (SSSR count). The molecule has 0 amide bonds. The standard InChI is InChI=1S/C28H33NO3S/c1-30-25-15-14-23(26(31-2)27(25)32-3)20-29-18-16-24(17-19-29)33-28(21-10-6-4-7-11-21)22-12-8-5-9-13-22/h4-15,24,28H,16-20H2,1-3H3. The molecule has 4 nitrogen and oxygen atoms in total. The van der Waals surface area contributed by atoms with Crippen molar-refractivity contribution in [3.63, 3.8) is 0 Å². The summed E-state index contributed by atoms with van der Waals surface area (Å²) >= 11 is 2.11. The van der Waals surface area contributed by atoms with Crippen LogP contribution in [0.4, 0.5) is 0 Å². The lowest BCUT2D eigenvalue weighted by molar-refractivity contribution is 0.220. The second kappa shape index (κ2) is 11.5. The van der Waals surface area contributed by atoms with Gasteiger partial charge in [0.2, 0.25) is 5.75 Å². The van der Waals surface area contributed by atoms with E-state index in [9.17, 15) is 0 Å². The van der Waals surface area contributed by atoms with Gasteiger partial charge >= 0.3 is 0 Å². The Labute approximate surface area is 201 Å². The zero-order chi connectivity index (χ0) is 23.0. The summed E-state index contributed by atoms with van der Waals surface area (Å²) in [6.07, 6.45) is 2.35. The second-order valence-electron chi connectivity index (χ2n) is 8.31. The molecule has 0 aromatic heterocycles. The summed E-state index contributed by atoms with van der Waals surface area (Å²) in [5.74, 6) is 2.12. The van der Waals surface area contributed by atoms with Gasteiger partial charge in [0.15, 0.2) is 11.5 Å². The maximum Gasteiger partial charge on any atom is 0.203 e. The predicted octanol–water partition coefficient (Wildman–Crippen LogP) is 6.20. The van der Waals surface area contributed by atoms with E-state index in [0.29, 0.717) is 22.0 Å². The van der Waals surface area contributed by atoms with Gasteiger partial charge in [0.25, 0.3) is 0 Å². The summed E-state index contributed by atoms with van der Waals surface area (Å²) in [5, 5.41) is 1.01. The summed E-state index contributed by atoms with van der Waals surface area (Å²) < 4.78 is 16.7. The van der Waals surface area contributed by atoms with E-state index < -0.39 is 0 Å². The molecule has 0 spiro atoms. The van der Waals surface area contributed by atoms with Gasteiger partial charge in [-0.1, -0.05) is 66.7 Å². The largest absolute Gasteiger partial charge is 0.493 e. The normalized spacial score (nSPS) is 14.9. The van der Waals surface area contributed by atoms with Crippen molar-refractivity contribution < 1.29 is 14.2 Å². The highest BCUT2D eigenvalue weighted by molar-refractivity contribution is 8.00. The molecule has 3 aromatic carbocycles. The average molecular weight is 464 g/mol. The highest BCUT2D eigenvalue weighted by Gasteiger charge is 2.26. The third-order valence-electron chi connectivity index (χ3n) is 6.25. The number of ether oxygens (including phenoxy) is 3. The van der Waals surface area contributed by atoms with E-state index in [1.54, 1.807) is 21.3 Å². The minimum Gasteiger partial charge on any atom is -0.493 e. The monoisotopic (exact) mass is 463 g/mol. The first-order valence-corrected chi connectivity index (χ1v) is 12.4. The molecular weight excluding hydrogens is 430 g/mol. The van der Waals surface area contributed by atoms with Gasteiger partial charge in [-0.3, -0.25) is 4.90 Å². The number of methoxy groups -OCH3 is 3. The van der Waals surface area contributed by atoms with Crippen molar-refractivity contribution in [1.82, 2.24) is 4.90 Å². The Bertz CT molecular complexity index is 965. The zero-order valence-corrected chi connectivity index (χ0v) is 20.5. The van der Waals surface area contributed by atoms with Crippen molar-refractivity contribution in [3.8, 4) is 17.2 Å². The van der Waals surface area contributed by atoms with Crippen LogP contribution in [0, 0.1) is 0 Å². The molecule has 0 saturated carbocycles. The minimum atomic E-state index is 0.370. The molecule has 0 atom stereocenters. The fourth-order valence-corrected chi connectivity index (χ4v) is 6.03. The van der Waals surface area contributed by atoms with E-state index in [1.165, 1.54) is 24.0 Å². The summed E-state index contributed by atoms with van der Waals surface area (Å²) in [6, 6.07) is 25.8. The number of benzene rings is 3. The number of hydrogen-bond acceptors (Lipinski definition) is 5. The van der Waals surface area contributed by atoms with Crippen molar-refractivity contribution in [2.24, 2.45) is 0 Å². The third-order valence-corrected chi connectivity index (χ3v) is 7.92. The van der Waals surface area contributed by atoms with E-state index >= 15 is 0 Å². The number of thioether (sulfide) groups is 1. The molecule has 1 saturated heterocycles. The van der Waals surface area contributed by atoms with Crippen LogP contribution in [0.3, 0.4) is 0 Å². The molecule has 0 N–H and O–H groups in total. The summed E-state index contributed by atoms with van der Waals surface area (Å²) in [7, 11) is 5.00. The molecule has 33 heavy (non-hydrogen) atoms. The molecule has 5 heteroatoms. The quantitative estimate of drug-likeness (QED) is 0.377. The Morgan fingerprint density at radius 3 is 1.85 bits per heavy atom. The smallest absolute Gasteiger partial charge is 0.203 e. The van der Waals surface area contributed by atoms with Gasteiger partial charge in [0.1, 0.15) is 0 Å². The zero-order valence-electron chi connectivity index (χ0n) is 19.7. The van der Waals surface area contributed by atoms with Crippen LogP contribution in [0.2, 0.25) is 0 Å². The van der Waals surface area contributed by atoms with E-state index in [0.717, 1.165) is 30.9 Å². The van der Waals surface area contributed by atoms with Crippen LogP contribution in [0.1, 0.15) is 34.8 Å². The fraction of sp³-hybridized carbons (Fsp3) is 0.357. The van der Waals surface area contributed by atoms with Gasteiger partial charge in [-0.15, -0.1) is 11.8 Å². The highest BCUT2D eigenvalue weighted by Crippen LogP contribution is 2.43. The van der Waals surface area contributed by atoms with Gasteiger partial charge in [0.05, 0.1) is 26.6 Å². The van der Waals surface area contributed by atoms with Gasteiger partial charge in [-0.05, 0) is 43.1 Å². The second-order valence-corrected chi connectivity index (χ2v) is 9.72. The highest BCUT2D eigenvalue weighted by atomic mass is 32.2. The Morgan fingerprint density at radius 1 is 0.758 bits per heavy atom. The van der Waals surface area contributed by atoms with Crippen molar-refractivity contribution in [3.05, 3.63) is 89.5 Å². The molecule has 0 radical (unpaired) electrons.